The summed E-state index contributed by atoms with van der Waals surface area (Å²) < 4.78 is 11.9. The minimum Gasteiger partial charge on any atom is -0.497 e. The summed E-state index contributed by atoms with van der Waals surface area (Å²) in [7, 11) is 3.11. The van der Waals surface area contributed by atoms with Crippen LogP contribution in [0.4, 0.5) is 5.69 Å². The molecular formula is C29H35N3O6. The van der Waals surface area contributed by atoms with Crippen LogP contribution in [0.2, 0.25) is 0 Å². The molecule has 1 spiro atoms. The highest BCUT2D eigenvalue weighted by Crippen LogP contribution is 2.65. The third kappa shape index (κ3) is 3.87. The van der Waals surface area contributed by atoms with Gasteiger partial charge >= 0.3 is 0 Å². The van der Waals surface area contributed by atoms with Crippen LogP contribution in [0.3, 0.4) is 0 Å². The number of rotatable bonds is 8. The molecule has 2 bridgehead atoms. The first kappa shape index (κ1) is 26.2. The van der Waals surface area contributed by atoms with Crippen molar-refractivity contribution >= 4 is 23.4 Å². The van der Waals surface area contributed by atoms with Crippen molar-refractivity contribution in [1.82, 2.24) is 10.2 Å². The van der Waals surface area contributed by atoms with Crippen molar-refractivity contribution in [2.45, 2.75) is 50.0 Å². The quantitative estimate of drug-likeness (QED) is 0.489. The van der Waals surface area contributed by atoms with Gasteiger partial charge in [0, 0.05) is 12.7 Å². The molecule has 202 valence electrons. The first-order chi connectivity index (χ1) is 18.2. The van der Waals surface area contributed by atoms with E-state index in [1.165, 1.54) is 4.90 Å². The van der Waals surface area contributed by atoms with Gasteiger partial charge in [0.1, 0.15) is 17.4 Å². The highest BCUT2D eigenvalue weighted by Gasteiger charge is 2.80. The van der Waals surface area contributed by atoms with Crippen LogP contribution >= 0.6 is 0 Å². The Morgan fingerprint density at radius 3 is 2.45 bits per heavy atom. The standard InChI is InChI=1S/C29H35N3O6/c1-17-15-29-23(22(25(34)30-3)28(17,2)38-29)27(36)32(20(16-33)14-18-8-6-5-7-9-18)24(29)26(35)31-19-10-12-21(37-4)13-11-19/h5-13,17,20,22-24,33H,14-16H2,1-4H3,(H,30,34)(H,31,35)/t17?,20-,22-,23+,24?,28+,29?/m1/s1. The number of methoxy groups -OCH3 is 1. The Morgan fingerprint density at radius 2 is 1.84 bits per heavy atom. The molecule has 3 saturated heterocycles. The second-order valence-corrected chi connectivity index (χ2v) is 10.8. The lowest BCUT2D eigenvalue weighted by atomic mass is 9.62. The highest BCUT2D eigenvalue weighted by molar-refractivity contribution is 6.04. The Labute approximate surface area is 222 Å². The number of amides is 3. The van der Waals surface area contributed by atoms with E-state index in [2.05, 4.69) is 10.6 Å². The summed E-state index contributed by atoms with van der Waals surface area (Å²) in [5.41, 5.74) is -0.611. The zero-order chi connectivity index (χ0) is 27.2. The van der Waals surface area contributed by atoms with Gasteiger partial charge in [-0.2, -0.15) is 0 Å². The summed E-state index contributed by atoms with van der Waals surface area (Å²) in [5, 5.41) is 16.2. The van der Waals surface area contributed by atoms with Gasteiger partial charge in [-0.25, -0.2) is 0 Å². The van der Waals surface area contributed by atoms with Crippen molar-refractivity contribution in [1.29, 1.82) is 0 Å². The minimum atomic E-state index is -1.19. The first-order valence-corrected chi connectivity index (χ1v) is 13.0. The number of carbonyl (C=O) groups excluding carboxylic acids is 3. The molecule has 9 heteroatoms. The molecule has 0 aliphatic carbocycles. The summed E-state index contributed by atoms with van der Waals surface area (Å²) in [6, 6.07) is 14.8. The van der Waals surface area contributed by atoms with Crippen molar-refractivity contribution in [2.24, 2.45) is 17.8 Å². The summed E-state index contributed by atoms with van der Waals surface area (Å²) in [4.78, 5) is 43.0. The van der Waals surface area contributed by atoms with Gasteiger partial charge in [0.25, 0.3) is 0 Å². The number of hydrogen-bond acceptors (Lipinski definition) is 6. The summed E-state index contributed by atoms with van der Waals surface area (Å²) in [6.07, 6.45) is 0.809. The van der Waals surface area contributed by atoms with Crippen molar-refractivity contribution in [3.63, 3.8) is 0 Å². The number of anilines is 1. The first-order valence-electron chi connectivity index (χ1n) is 13.0. The molecule has 3 unspecified atom stereocenters. The molecule has 7 atom stereocenters. The van der Waals surface area contributed by atoms with Gasteiger partial charge < -0.3 is 30.1 Å². The van der Waals surface area contributed by atoms with Crippen LogP contribution in [-0.4, -0.2) is 71.8 Å². The Morgan fingerprint density at radius 1 is 1.16 bits per heavy atom. The van der Waals surface area contributed by atoms with E-state index in [1.54, 1.807) is 38.4 Å². The third-order valence-corrected chi connectivity index (χ3v) is 8.81. The Hall–Kier alpha value is -3.43. The molecule has 9 nitrogen and oxygen atoms in total. The van der Waals surface area contributed by atoms with Crippen LogP contribution in [0.15, 0.2) is 54.6 Å². The fourth-order valence-electron chi connectivity index (χ4n) is 6.95. The molecule has 3 heterocycles. The molecule has 3 aliphatic rings. The lowest BCUT2D eigenvalue weighted by molar-refractivity contribution is -0.149. The lowest BCUT2D eigenvalue weighted by Crippen LogP contribution is -2.57. The predicted molar refractivity (Wildman–Crippen MR) is 140 cm³/mol. The van der Waals surface area contributed by atoms with E-state index in [9.17, 15) is 19.5 Å². The number of benzene rings is 2. The molecule has 3 aliphatic heterocycles. The molecule has 0 aromatic heterocycles. The van der Waals surface area contributed by atoms with Crippen LogP contribution in [-0.2, 0) is 25.5 Å². The van der Waals surface area contributed by atoms with E-state index in [0.29, 0.717) is 24.3 Å². The average molecular weight is 522 g/mol. The fraction of sp³-hybridized carbons (Fsp3) is 0.483. The van der Waals surface area contributed by atoms with E-state index in [4.69, 9.17) is 9.47 Å². The smallest absolute Gasteiger partial charge is 0.250 e. The molecule has 3 fully saturated rings. The second-order valence-electron chi connectivity index (χ2n) is 10.8. The predicted octanol–water partition coefficient (Wildman–Crippen LogP) is 1.99. The number of fused-ring (bicyclic) bond motifs is 1. The average Bonchev–Trinajstić information content (AvgIpc) is 3.44. The van der Waals surface area contributed by atoms with E-state index < -0.39 is 41.0 Å². The van der Waals surface area contributed by atoms with Gasteiger partial charge in [0.2, 0.25) is 17.7 Å². The molecular weight excluding hydrogens is 486 g/mol. The largest absolute Gasteiger partial charge is 0.497 e. The Bertz CT molecular complexity index is 1220. The SMILES string of the molecule is CNC(=O)[C@H]1[C@H]2C(=O)N([C@@H](CO)Cc3ccccc3)C(C(=O)Nc3ccc(OC)cc3)C23CC(C)[C@]1(C)O3. The van der Waals surface area contributed by atoms with E-state index in [1.807, 2.05) is 44.2 Å². The number of carbonyl (C=O) groups is 3. The maximum atomic E-state index is 14.3. The lowest BCUT2D eigenvalue weighted by Gasteiger charge is -2.37. The van der Waals surface area contributed by atoms with Crippen molar-refractivity contribution in [3.05, 3.63) is 60.2 Å². The van der Waals surface area contributed by atoms with Crippen LogP contribution in [0.1, 0.15) is 25.8 Å². The fourth-order valence-corrected chi connectivity index (χ4v) is 6.95. The molecule has 5 rings (SSSR count). The monoisotopic (exact) mass is 521 g/mol. The molecule has 2 aromatic carbocycles. The molecule has 38 heavy (non-hydrogen) atoms. The number of nitrogens with zero attached hydrogens (tertiary/aromatic N) is 1. The zero-order valence-electron chi connectivity index (χ0n) is 22.1. The minimum absolute atomic E-state index is 0.0632. The molecule has 0 radical (unpaired) electrons. The number of nitrogens with one attached hydrogen (secondary N) is 2. The number of ether oxygens (including phenoxy) is 2. The van der Waals surface area contributed by atoms with E-state index in [-0.39, 0.29) is 24.3 Å². The van der Waals surface area contributed by atoms with Gasteiger partial charge in [-0.15, -0.1) is 0 Å². The number of aliphatic hydroxyl groups is 1. The third-order valence-electron chi connectivity index (χ3n) is 8.81. The Balaban J connectivity index is 1.58. The summed E-state index contributed by atoms with van der Waals surface area (Å²) in [5.74, 6) is -2.02. The van der Waals surface area contributed by atoms with Crippen LogP contribution in [0.5, 0.6) is 5.75 Å². The number of aliphatic hydroxyl groups excluding tert-OH is 1. The van der Waals surface area contributed by atoms with Crippen LogP contribution in [0.25, 0.3) is 0 Å². The van der Waals surface area contributed by atoms with Gasteiger partial charge in [-0.1, -0.05) is 37.3 Å². The van der Waals surface area contributed by atoms with Gasteiger partial charge in [-0.3, -0.25) is 14.4 Å². The van der Waals surface area contributed by atoms with Crippen LogP contribution in [0, 0.1) is 17.8 Å². The van der Waals surface area contributed by atoms with E-state index >= 15 is 0 Å². The molecule has 3 N–H and O–H groups in total. The summed E-state index contributed by atoms with van der Waals surface area (Å²) >= 11 is 0. The Kier molecular flexibility index (Phi) is 6.69. The zero-order valence-corrected chi connectivity index (χ0v) is 22.1. The van der Waals surface area contributed by atoms with Crippen molar-refractivity contribution in [3.8, 4) is 5.75 Å². The number of hydrogen-bond donors (Lipinski definition) is 3. The summed E-state index contributed by atoms with van der Waals surface area (Å²) in [6.45, 7) is 3.53. The maximum Gasteiger partial charge on any atom is 0.250 e. The number of likely N-dealkylation sites (tertiary alicyclic amines) is 1. The van der Waals surface area contributed by atoms with E-state index in [0.717, 1.165) is 5.56 Å². The van der Waals surface area contributed by atoms with Crippen LogP contribution < -0.4 is 15.4 Å². The normalized spacial score (nSPS) is 32.1. The van der Waals surface area contributed by atoms with Crippen molar-refractivity contribution < 1.29 is 29.0 Å². The topological polar surface area (TPSA) is 117 Å². The van der Waals surface area contributed by atoms with Crippen molar-refractivity contribution in [2.75, 3.05) is 26.1 Å². The maximum absolute atomic E-state index is 14.3. The highest BCUT2D eigenvalue weighted by atomic mass is 16.5. The molecule has 2 aromatic rings. The van der Waals surface area contributed by atoms with Gasteiger partial charge in [0.15, 0.2) is 0 Å². The molecule has 3 amide bonds. The molecule has 0 saturated carbocycles. The van der Waals surface area contributed by atoms with Gasteiger partial charge in [0.05, 0.1) is 37.2 Å². The second kappa shape index (κ2) is 9.71. The van der Waals surface area contributed by atoms with Gasteiger partial charge in [-0.05, 0) is 55.5 Å².